The molecule has 0 amide bonds. The predicted molar refractivity (Wildman–Crippen MR) is 60.7 cm³/mol. The molecule has 1 saturated carbocycles. The van der Waals surface area contributed by atoms with E-state index in [9.17, 15) is 4.79 Å². The van der Waals surface area contributed by atoms with Gasteiger partial charge in [-0.15, -0.1) is 0 Å². The highest BCUT2D eigenvalue weighted by Gasteiger charge is 2.21. The molecule has 0 bridgehead atoms. The SMILES string of the molecule is CCCNCC(=O)OC1CCCC(C)C1. The third-order valence-corrected chi connectivity index (χ3v) is 2.88. The van der Waals surface area contributed by atoms with Gasteiger partial charge in [-0.3, -0.25) is 4.79 Å². The average Bonchev–Trinajstić information content (AvgIpc) is 2.18. The highest BCUT2D eigenvalue weighted by Crippen LogP contribution is 2.25. The lowest BCUT2D eigenvalue weighted by Gasteiger charge is -2.26. The van der Waals surface area contributed by atoms with Crippen LogP contribution in [0.25, 0.3) is 0 Å². The van der Waals surface area contributed by atoms with Crippen molar-refractivity contribution >= 4 is 5.97 Å². The van der Waals surface area contributed by atoms with Gasteiger partial charge in [0.15, 0.2) is 0 Å². The van der Waals surface area contributed by atoms with Gasteiger partial charge in [0, 0.05) is 0 Å². The molecule has 88 valence electrons. The molecule has 0 saturated heterocycles. The van der Waals surface area contributed by atoms with Crippen LogP contribution in [0.15, 0.2) is 0 Å². The van der Waals surface area contributed by atoms with Crippen molar-refractivity contribution in [1.29, 1.82) is 0 Å². The summed E-state index contributed by atoms with van der Waals surface area (Å²) in [6.45, 7) is 5.56. The van der Waals surface area contributed by atoms with Crippen molar-refractivity contribution in [1.82, 2.24) is 5.32 Å². The highest BCUT2D eigenvalue weighted by atomic mass is 16.5. The van der Waals surface area contributed by atoms with Crippen molar-refractivity contribution in [3.63, 3.8) is 0 Å². The number of nitrogens with one attached hydrogen (secondary N) is 1. The lowest BCUT2D eigenvalue weighted by Crippen LogP contribution is -2.31. The quantitative estimate of drug-likeness (QED) is 0.561. The van der Waals surface area contributed by atoms with Gasteiger partial charge in [-0.05, 0) is 38.1 Å². The van der Waals surface area contributed by atoms with E-state index in [1.54, 1.807) is 0 Å². The van der Waals surface area contributed by atoms with E-state index in [1.165, 1.54) is 12.8 Å². The fourth-order valence-corrected chi connectivity index (χ4v) is 2.08. The summed E-state index contributed by atoms with van der Waals surface area (Å²) in [5.41, 5.74) is 0. The summed E-state index contributed by atoms with van der Waals surface area (Å²) in [5.74, 6) is 0.614. The summed E-state index contributed by atoms with van der Waals surface area (Å²) in [5, 5.41) is 3.06. The van der Waals surface area contributed by atoms with Crippen molar-refractivity contribution in [2.75, 3.05) is 13.1 Å². The van der Waals surface area contributed by atoms with E-state index in [-0.39, 0.29) is 12.1 Å². The zero-order valence-corrected chi connectivity index (χ0v) is 9.92. The van der Waals surface area contributed by atoms with Gasteiger partial charge in [0.2, 0.25) is 0 Å². The number of ether oxygens (including phenoxy) is 1. The van der Waals surface area contributed by atoms with E-state index in [4.69, 9.17) is 4.74 Å². The molecule has 3 nitrogen and oxygen atoms in total. The molecule has 0 spiro atoms. The minimum Gasteiger partial charge on any atom is -0.461 e. The normalized spacial score (nSPS) is 26.3. The maximum atomic E-state index is 11.4. The fraction of sp³-hybridized carbons (Fsp3) is 0.917. The Labute approximate surface area is 92.6 Å². The number of carbonyl (C=O) groups excluding carboxylic acids is 1. The molecule has 1 aliphatic carbocycles. The van der Waals surface area contributed by atoms with E-state index in [2.05, 4.69) is 19.2 Å². The van der Waals surface area contributed by atoms with Crippen molar-refractivity contribution in [3.8, 4) is 0 Å². The summed E-state index contributed by atoms with van der Waals surface area (Å²) < 4.78 is 5.41. The molecule has 1 N–H and O–H groups in total. The largest absolute Gasteiger partial charge is 0.461 e. The van der Waals surface area contributed by atoms with Gasteiger partial charge in [0.05, 0.1) is 6.54 Å². The summed E-state index contributed by atoms with van der Waals surface area (Å²) in [4.78, 5) is 11.4. The van der Waals surface area contributed by atoms with Crippen LogP contribution in [0.3, 0.4) is 0 Å². The summed E-state index contributed by atoms with van der Waals surface area (Å²) in [7, 11) is 0. The van der Waals surface area contributed by atoms with Gasteiger partial charge in [0.1, 0.15) is 6.10 Å². The maximum Gasteiger partial charge on any atom is 0.320 e. The molecule has 0 aromatic rings. The van der Waals surface area contributed by atoms with Crippen LogP contribution in [0, 0.1) is 5.92 Å². The number of hydrogen-bond acceptors (Lipinski definition) is 3. The Morgan fingerprint density at radius 3 is 2.93 bits per heavy atom. The number of hydrogen-bond donors (Lipinski definition) is 1. The molecule has 2 unspecified atom stereocenters. The molecule has 1 rings (SSSR count). The summed E-state index contributed by atoms with van der Waals surface area (Å²) >= 11 is 0. The Morgan fingerprint density at radius 1 is 1.47 bits per heavy atom. The smallest absolute Gasteiger partial charge is 0.320 e. The average molecular weight is 213 g/mol. The van der Waals surface area contributed by atoms with Gasteiger partial charge in [-0.2, -0.15) is 0 Å². The Hall–Kier alpha value is -0.570. The molecule has 0 aromatic heterocycles. The van der Waals surface area contributed by atoms with Gasteiger partial charge < -0.3 is 10.1 Å². The van der Waals surface area contributed by atoms with E-state index >= 15 is 0 Å². The van der Waals surface area contributed by atoms with Crippen LogP contribution >= 0.6 is 0 Å². The van der Waals surface area contributed by atoms with Crippen LogP contribution < -0.4 is 5.32 Å². The first-order valence-electron chi connectivity index (χ1n) is 6.12. The first kappa shape index (κ1) is 12.5. The van der Waals surface area contributed by atoms with Crippen LogP contribution in [0.2, 0.25) is 0 Å². The van der Waals surface area contributed by atoms with Crippen LogP contribution in [-0.4, -0.2) is 25.2 Å². The molecule has 15 heavy (non-hydrogen) atoms. The Kier molecular flexibility index (Phi) is 5.69. The lowest BCUT2D eigenvalue weighted by atomic mass is 9.89. The Bertz CT molecular complexity index is 194. The zero-order chi connectivity index (χ0) is 11.1. The van der Waals surface area contributed by atoms with Gasteiger partial charge >= 0.3 is 5.97 Å². The standard InChI is InChI=1S/C12H23NO2/c1-3-7-13-9-12(14)15-11-6-4-5-10(2)8-11/h10-11,13H,3-9H2,1-2H3. The predicted octanol–water partition coefficient (Wildman–Crippen LogP) is 2.11. The molecule has 1 fully saturated rings. The Morgan fingerprint density at radius 2 is 2.27 bits per heavy atom. The van der Waals surface area contributed by atoms with Crippen LogP contribution in [0.5, 0.6) is 0 Å². The molecular formula is C12H23NO2. The van der Waals surface area contributed by atoms with Crippen molar-refractivity contribution in [3.05, 3.63) is 0 Å². The van der Waals surface area contributed by atoms with Crippen LogP contribution in [0.4, 0.5) is 0 Å². The fourth-order valence-electron chi connectivity index (χ4n) is 2.08. The van der Waals surface area contributed by atoms with Gasteiger partial charge in [-0.25, -0.2) is 0 Å². The third-order valence-electron chi connectivity index (χ3n) is 2.88. The second-order valence-corrected chi connectivity index (χ2v) is 4.56. The first-order chi connectivity index (χ1) is 7.22. The molecule has 0 aromatic carbocycles. The first-order valence-corrected chi connectivity index (χ1v) is 6.12. The number of rotatable bonds is 5. The second-order valence-electron chi connectivity index (χ2n) is 4.56. The molecule has 0 heterocycles. The summed E-state index contributed by atoms with van der Waals surface area (Å²) in [6, 6.07) is 0. The van der Waals surface area contributed by atoms with Crippen molar-refractivity contribution in [2.24, 2.45) is 5.92 Å². The third kappa shape index (κ3) is 5.17. The Balaban J connectivity index is 2.13. The van der Waals surface area contributed by atoms with Gasteiger partial charge in [-0.1, -0.05) is 20.3 Å². The molecule has 3 heteroatoms. The van der Waals surface area contributed by atoms with Crippen LogP contribution in [-0.2, 0) is 9.53 Å². The number of carbonyl (C=O) groups is 1. The van der Waals surface area contributed by atoms with E-state index in [0.717, 1.165) is 25.8 Å². The topological polar surface area (TPSA) is 38.3 Å². The molecule has 0 aliphatic heterocycles. The van der Waals surface area contributed by atoms with E-state index in [0.29, 0.717) is 12.5 Å². The second kappa shape index (κ2) is 6.83. The van der Waals surface area contributed by atoms with E-state index in [1.807, 2.05) is 0 Å². The maximum absolute atomic E-state index is 11.4. The lowest BCUT2D eigenvalue weighted by molar-refractivity contribution is -0.150. The summed E-state index contributed by atoms with van der Waals surface area (Å²) in [6.07, 6.45) is 5.78. The molecule has 0 radical (unpaired) electrons. The van der Waals surface area contributed by atoms with E-state index < -0.39 is 0 Å². The highest BCUT2D eigenvalue weighted by molar-refractivity contribution is 5.71. The minimum atomic E-state index is -0.0949. The monoisotopic (exact) mass is 213 g/mol. The van der Waals surface area contributed by atoms with Crippen molar-refractivity contribution < 1.29 is 9.53 Å². The molecule has 1 aliphatic rings. The van der Waals surface area contributed by atoms with Gasteiger partial charge in [0.25, 0.3) is 0 Å². The van der Waals surface area contributed by atoms with Crippen molar-refractivity contribution in [2.45, 2.75) is 52.1 Å². The molecule has 2 atom stereocenters. The zero-order valence-electron chi connectivity index (χ0n) is 9.92. The minimum absolute atomic E-state index is 0.0949. The van der Waals surface area contributed by atoms with Crippen LogP contribution in [0.1, 0.15) is 46.0 Å². The molecular weight excluding hydrogens is 190 g/mol. The number of esters is 1.